The highest BCUT2D eigenvalue weighted by atomic mass is 19.1. The summed E-state index contributed by atoms with van der Waals surface area (Å²) in [6.07, 6.45) is 0. The maximum atomic E-state index is 13.3. The number of carbonyl (C=O) groups is 1. The van der Waals surface area contributed by atoms with Gasteiger partial charge >= 0.3 is 0 Å². The average molecular weight is 447 g/mol. The first-order chi connectivity index (χ1) is 15.9. The van der Waals surface area contributed by atoms with E-state index in [1.807, 2.05) is 30.3 Å². The van der Waals surface area contributed by atoms with Crippen molar-refractivity contribution in [2.45, 2.75) is 26.9 Å². The third kappa shape index (κ3) is 4.55. The van der Waals surface area contributed by atoms with Gasteiger partial charge in [-0.2, -0.15) is 0 Å². The molecule has 4 aromatic rings. The fraction of sp³-hybridized carbons (Fsp3) is 0.222. The van der Waals surface area contributed by atoms with Crippen LogP contribution in [-0.2, 0) is 13.1 Å². The van der Waals surface area contributed by atoms with Gasteiger partial charge in [-0.25, -0.2) is 4.39 Å². The van der Waals surface area contributed by atoms with Gasteiger partial charge in [0.05, 0.1) is 14.2 Å². The Morgan fingerprint density at radius 1 is 0.970 bits per heavy atom. The Kier molecular flexibility index (Phi) is 6.36. The van der Waals surface area contributed by atoms with E-state index in [-0.39, 0.29) is 11.7 Å². The first kappa shape index (κ1) is 22.4. The maximum Gasteiger partial charge on any atom is 0.251 e. The van der Waals surface area contributed by atoms with E-state index in [1.54, 1.807) is 32.4 Å². The Hall–Kier alpha value is -3.80. The number of hydrogen-bond acceptors (Lipinski definition) is 3. The Bertz CT molecular complexity index is 1310. The average Bonchev–Trinajstić information content (AvgIpc) is 3.08. The molecule has 1 N–H and O–H groups in total. The number of fused-ring (bicyclic) bond motifs is 1. The summed E-state index contributed by atoms with van der Waals surface area (Å²) in [5.41, 5.74) is 5.77. The van der Waals surface area contributed by atoms with Crippen molar-refractivity contribution in [3.05, 3.63) is 94.4 Å². The second-order valence-corrected chi connectivity index (χ2v) is 8.02. The normalized spacial score (nSPS) is 10.9. The number of carbonyl (C=O) groups excluding carboxylic acids is 1. The minimum absolute atomic E-state index is 0.155. The van der Waals surface area contributed by atoms with Crippen molar-refractivity contribution in [1.29, 1.82) is 0 Å². The number of rotatable bonds is 7. The van der Waals surface area contributed by atoms with Crippen LogP contribution in [0.5, 0.6) is 11.5 Å². The zero-order valence-corrected chi connectivity index (χ0v) is 19.2. The van der Waals surface area contributed by atoms with Crippen LogP contribution in [0.3, 0.4) is 0 Å². The van der Waals surface area contributed by atoms with Crippen molar-refractivity contribution < 1.29 is 18.7 Å². The molecule has 4 rings (SSSR count). The van der Waals surface area contributed by atoms with Gasteiger partial charge in [0, 0.05) is 46.9 Å². The fourth-order valence-corrected chi connectivity index (χ4v) is 4.04. The third-order valence-electron chi connectivity index (χ3n) is 6.09. The molecule has 0 aliphatic carbocycles. The molecule has 0 aliphatic rings. The number of hydrogen-bond donors (Lipinski definition) is 1. The Balaban J connectivity index is 1.56. The van der Waals surface area contributed by atoms with Crippen LogP contribution in [0.2, 0.25) is 0 Å². The molecule has 5 nitrogen and oxygen atoms in total. The molecule has 0 spiro atoms. The van der Waals surface area contributed by atoms with Crippen LogP contribution in [-0.4, -0.2) is 24.7 Å². The summed E-state index contributed by atoms with van der Waals surface area (Å²) in [6.45, 7) is 5.10. The molecule has 0 saturated heterocycles. The Morgan fingerprint density at radius 2 is 1.73 bits per heavy atom. The molecular weight excluding hydrogens is 419 g/mol. The molecule has 1 aromatic heterocycles. The summed E-state index contributed by atoms with van der Waals surface area (Å²) in [5, 5.41) is 4.01. The van der Waals surface area contributed by atoms with Crippen LogP contribution in [0.1, 0.15) is 32.7 Å². The summed E-state index contributed by atoms with van der Waals surface area (Å²) >= 11 is 0. The van der Waals surface area contributed by atoms with Crippen molar-refractivity contribution >= 4 is 16.8 Å². The minimum atomic E-state index is -0.244. The first-order valence-electron chi connectivity index (χ1n) is 10.7. The van der Waals surface area contributed by atoms with Gasteiger partial charge in [-0.1, -0.05) is 12.1 Å². The van der Waals surface area contributed by atoms with Gasteiger partial charge in [-0.15, -0.1) is 0 Å². The molecular formula is C27H27FN2O3. The Labute approximate surface area is 192 Å². The van der Waals surface area contributed by atoms with Gasteiger partial charge in [0.25, 0.3) is 5.91 Å². The Morgan fingerprint density at radius 3 is 2.42 bits per heavy atom. The number of aromatic nitrogens is 1. The zero-order chi connectivity index (χ0) is 23.5. The number of nitrogens with one attached hydrogen (secondary N) is 1. The fourth-order valence-electron chi connectivity index (χ4n) is 4.04. The van der Waals surface area contributed by atoms with E-state index in [2.05, 4.69) is 23.7 Å². The van der Waals surface area contributed by atoms with E-state index in [4.69, 9.17) is 9.47 Å². The van der Waals surface area contributed by atoms with Crippen molar-refractivity contribution in [1.82, 2.24) is 9.88 Å². The molecule has 0 radical (unpaired) electrons. The molecule has 0 bridgehead atoms. The number of amides is 1. The monoisotopic (exact) mass is 446 g/mol. The van der Waals surface area contributed by atoms with Crippen LogP contribution >= 0.6 is 0 Å². The number of nitrogens with zero attached hydrogens (tertiary/aromatic N) is 1. The van der Waals surface area contributed by atoms with Gasteiger partial charge in [0.1, 0.15) is 17.3 Å². The molecule has 0 fully saturated rings. The minimum Gasteiger partial charge on any atom is -0.497 e. The van der Waals surface area contributed by atoms with Crippen molar-refractivity contribution in [3.8, 4) is 11.5 Å². The number of halogens is 1. The van der Waals surface area contributed by atoms with Crippen LogP contribution in [0.15, 0.2) is 60.7 Å². The summed E-state index contributed by atoms with van der Waals surface area (Å²) in [6, 6.07) is 17.8. The lowest BCUT2D eigenvalue weighted by atomic mass is 10.1. The number of benzene rings is 3. The van der Waals surface area contributed by atoms with Gasteiger partial charge < -0.3 is 19.4 Å². The SMILES string of the molecule is COc1ccc(CNC(=O)c2ccc3c(c2)c(C)c(C)n3Cc2ccc(F)cc2)c(OC)c1. The van der Waals surface area contributed by atoms with E-state index in [1.165, 1.54) is 12.1 Å². The lowest BCUT2D eigenvalue weighted by Crippen LogP contribution is -2.23. The second kappa shape index (κ2) is 9.36. The quantitative estimate of drug-likeness (QED) is 0.414. The molecule has 33 heavy (non-hydrogen) atoms. The predicted molar refractivity (Wildman–Crippen MR) is 128 cm³/mol. The standard InChI is InChI=1S/C27H27FN2O3/c1-17-18(2)30(16-19-5-9-22(28)10-6-19)25-12-8-20(13-24(17)25)27(31)29-15-21-7-11-23(32-3)14-26(21)33-4/h5-14H,15-16H2,1-4H3,(H,29,31). The molecule has 0 atom stereocenters. The lowest BCUT2D eigenvalue weighted by molar-refractivity contribution is 0.0951. The first-order valence-corrected chi connectivity index (χ1v) is 10.7. The number of ether oxygens (including phenoxy) is 2. The molecule has 0 aliphatic heterocycles. The maximum absolute atomic E-state index is 13.3. The van der Waals surface area contributed by atoms with Gasteiger partial charge in [-0.05, 0) is 67.4 Å². The summed E-state index contributed by atoms with van der Waals surface area (Å²) < 4.78 is 26.1. The smallest absolute Gasteiger partial charge is 0.251 e. The highest BCUT2D eigenvalue weighted by molar-refractivity contribution is 5.99. The topological polar surface area (TPSA) is 52.5 Å². The molecule has 1 heterocycles. The molecule has 170 valence electrons. The second-order valence-electron chi connectivity index (χ2n) is 8.02. The predicted octanol–water partition coefficient (Wildman–Crippen LogP) is 5.39. The van der Waals surface area contributed by atoms with Crippen LogP contribution in [0.25, 0.3) is 10.9 Å². The van der Waals surface area contributed by atoms with Gasteiger partial charge in [0.2, 0.25) is 0 Å². The van der Waals surface area contributed by atoms with Crippen LogP contribution in [0.4, 0.5) is 4.39 Å². The zero-order valence-electron chi connectivity index (χ0n) is 19.2. The largest absolute Gasteiger partial charge is 0.497 e. The summed E-state index contributed by atoms with van der Waals surface area (Å²) in [7, 11) is 3.19. The van der Waals surface area contributed by atoms with Crippen molar-refractivity contribution in [2.75, 3.05) is 14.2 Å². The van der Waals surface area contributed by atoms with Crippen LogP contribution < -0.4 is 14.8 Å². The summed E-state index contributed by atoms with van der Waals surface area (Å²) in [5.74, 6) is 0.961. The van der Waals surface area contributed by atoms with E-state index >= 15 is 0 Å². The molecule has 0 saturated carbocycles. The molecule has 3 aromatic carbocycles. The summed E-state index contributed by atoms with van der Waals surface area (Å²) in [4.78, 5) is 12.9. The van der Waals surface area contributed by atoms with Crippen molar-refractivity contribution in [3.63, 3.8) is 0 Å². The van der Waals surface area contributed by atoms with Gasteiger partial charge in [0.15, 0.2) is 0 Å². The lowest BCUT2D eigenvalue weighted by Gasteiger charge is -2.12. The van der Waals surface area contributed by atoms with E-state index in [9.17, 15) is 9.18 Å². The van der Waals surface area contributed by atoms with E-state index in [0.29, 0.717) is 30.2 Å². The van der Waals surface area contributed by atoms with Crippen LogP contribution in [0, 0.1) is 19.7 Å². The number of methoxy groups -OCH3 is 2. The highest BCUT2D eigenvalue weighted by Gasteiger charge is 2.15. The molecule has 6 heteroatoms. The number of aryl methyl sites for hydroxylation is 1. The molecule has 1 amide bonds. The van der Waals surface area contributed by atoms with Crippen molar-refractivity contribution in [2.24, 2.45) is 0 Å². The highest BCUT2D eigenvalue weighted by Crippen LogP contribution is 2.28. The molecule has 0 unspecified atom stereocenters. The van der Waals surface area contributed by atoms with E-state index in [0.717, 1.165) is 33.3 Å². The van der Waals surface area contributed by atoms with Gasteiger partial charge in [-0.3, -0.25) is 4.79 Å². The third-order valence-corrected chi connectivity index (χ3v) is 6.09. The van der Waals surface area contributed by atoms with E-state index < -0.39 is 0 Å².